The third-order valence-corrected chi connectivity index (χ3v) is 11.2. The molecule has 6 fully saturated rings. The van der Waals surface area contributed by atoms with Gasteiger partial charge >= 0.3 is 11.9 Å². The largest absolute Gasteiger partial charge is 0.455 e. The van der Waals surface area contributed by atoms with Gasteiger partial charge in [0.25, 0.3) is 5.79 Å². The van der Waals surface area contributed by atoms with E-state index >= 15 is 0 Å². The standard InChI is InChI=1S/C27H40O6/c1-15(28)30-20-13-17-16(23-31-21-14-22(29)32-27(20,21)33-23)7-8-19-25(17,4)12-9-18-24(2,3)10-6-11-26(18,19)5/h16-21,23H,6-14H2,1-5H3/t16-,17+,18-,19-,20+,21-,23+,25-,26-,27-/m0/s1. The summed E-state index contributed by atoms with van der Waals surface area (Å²) in [5, 5.41) is 0. The molecule has 3 aliphatic heterocycles. The molecule has 3 saturated heterocycles. The molecule has 0 aromatic carbocycles. The number of esters is 2. The highest BCUT2D eigenvalue weighted by molar-refractivity contribution is 5.74. The highest BCUT2D eigenvalue weighted by Gasteiger charge is 2.71. The zero-order valence-electron chi connectivity index (χ0n) is 20.9. The molecular weight excluding hydrogens is 420 g/mol. The molecule has 0 aromatic rings. The Morgan fingerprint density at radius 3 is 2.55 bits per heavy atom. The Morgan fingerprint density at radius 1 is 1.00 bits per heavy atom. The van der Waals surface area contributed by atoms with E-state index in [0.29, 0.717) is 29.1 Å². The fourth-order valence-electron chi connectivity index (χ4n) is 10.1. The van der Waals surface area contributed by atoms with Crippen molar-refractivity contribution in [2.45, 2.75) is 117 Å². The molecule has 3 aliphatic carbocycles. The Morgan fingerprint density at radius 2 is 1.79 bits per heavy atom. The van der Waals surface area contributed by atoms with Crippen LogP contribution < -0.4 is 0 Å². The van der Waals surface area contributed by atoms with Crippen molar-refractivity contribution in [3.05, 3.63) is 0 Å². The van der Waals surface area contributed by atoms with E-state index in [2.05, 4.69) is 27.7 Å². The Balaban J connectivity index is 1.39. The molecule has 0 unspecified atom stereocenters. The summed E-state index contributed by atoms with van der Waals surface area (Å²) in [7, 11) is 0. The predicted octanol–water partition coefficient (Wildman–Crippen LogP) is 4.98. The monoisotopic (exact) mass is 460 g/mol. The predicted molar refractivity (Wildman–Crippen MR) is 120 cm³/mol. The van der Waals surface area contributed by atoms with E-state index in [-0.39, 0.29) is 36.0 Å². The maximum Gasteiger partial charge on any atom is 0.311 e. The lowest BCUT2D eigenvalue weighted by atomic mass is 9.38. The second kappa shape index (κ2) is 6.96. The van der Waals surface area contributed by atoms with Gasteiger partial charge in [-0.3, -0.25) is 9.59 Å². The van der Waals surface area contributed by atoms with Crippen LogP contribution in [0.5, 0.6) is 0 Å². The van der Waals surface area contributed by atoms with Crippen molar-refractivity contribution in [1.82, 2.24) is 0 Å². The number of fused-ring (bicyclic) bond motifs is 7. The summed E-state index contributed by atoms with van der Waals surface area (Å²) >= 11 is 0. The van der Waals surface area contributed by atoms with E-state index in [1.165, 1.54) is 45.4 Å². The summed E-state index contributed by atoms with van der Waals surface area (Å²) in [6, 6.07) is 0. The zero-order chi connectivity index (χ0) is 23.4. The van der Waals surface area contributed by atoms with Crippen molar-refractivity contribution < 1.29 is 28.5 Å². The lowest BCUT2D eigenvalue weighted by Crippen LogP contribution is -2.61. The van der Waals surface area contributed by atoms with Crippen LogP contribution in [-0.2, 0) is 28.5 Å². The molecule has 1 spiro atoms. The van der Waals surface area contributed by atoms with Crippen molar-refractivity contribution in [2.75, 3.05) is 0 Å². The first-order valence-electron chi connectivity index (χ1n) is 13.2. The molecule has 3 saturated carbocycles. The van der Waals surface area contributed by atoms with E-state index in [1.54, 1.807) is 0 Å². The quantitative estimate of drug-likeness (QED) is 0.514. The summed E-state index contributed by atoms with van der Waals surface area (Å²) in [5.74, 6) is -0.0156. The van der Waals surface area contributed by atoms with Gasteiger partial charge in [-0.1, -0.05) is 34.1 Å². The van der Waals surface area contributed by atoms with Gasteiger partial charge in [0.15, 0.2) is 12.4 Å². The lowest BCUT2D eigenvalue weighted by Gasteiger charge is -2.67. The minimum Gasteiger partial charge on any atom is -0.455 e. The molecule has 6 nitrogen and oxygen atoms in total. The Hall–Kier alpha value is -1.14. The third-order valence-electron chi connectivity index (χ3n) is 11.2. The van der Waals surface area contributed by atoms with Crippen LogP contribution in [0.3, 0.4) is 0 Å². The smallest absolute Gasteiger partial charge is 0.311 e. The van der Waals surface area contributed by atoms with Crippen LogP contribution in [0.25, 0.3) is 0 Å². The number of carbonyl (C=O) groups excluding carboxylic acids is 2. The third kappa shape index (κ3) is 2.92. The van der Waals surface area contributed by atoms with Gasteiger partial charge in [0.1, 0.15) is 6.10 Å². The minimum absolute atomic E-state index is 0.131. The number of carbonyl (C=O) groups is 2. The fraction of sp³-hybridized carbons (Fsp3) is 0.926. The molecule has 184 valence electrons. The Labute approximate surface area is 197 Å². The molecule has 2 bridgehead atoms. The number of ether oxygens (including phenoxy) is 4. The molecule has 6 aliphatic rings. The van der Waals surface area contributed by atoms with Gasteiger partial charge in [-0.15, -0.1) is 0 Å². The van der Waals surface area contributed by atoms with Crippen LogP contribution in [0.2, 0.25) is 0 Å². The SMILES string of the molecule is CC(=O)O[C@@H]1C[C@@H]2[C@H](CC[C@H]3[C@@]2(C)CC[C@H]2C(C)(C)CCC[C@]32C)[C@@H]2O[C@H]3CC(=O)O[C@@]31O2. The van der Waals surface area contributed by atoms with Crippen molar-refractivity contribution in [3.63, 3.8) is 0 Å². The van der Waals surface area contributed by atoms with Crippen molar-refractivity contribution >= 4 is 11.9 Å². The highest BCUT2D eigenvalue weighted by Crippen LogP contribution is 2.71. The van der Waals surface area contributed by atoms with Crippen molar-refractivity contribution in [1.29, 1.82) is 0 Å². The molecule has 0 aromatic heterocycles. The van der Waals surface area contributed by atoms with Gasteiger partial charge in [-0.05, 0) is 78.9 Å². The minimum atomic E-state index is -1.27. The molecule has 0 amide bonds. The van der Waals surface area contributed by atoms with Crippen LogP contribution in [0.15, 0.2) is 0 Å². The summed E-state index contributed by atoms with van der Waals surface area (Å²) < 4.78 is 24.4. The van der Waals surface area contributed by atoms with E-state index in [1.807, 2.05) is 0 Å². The van der Waals surface area contributed by atoms with Gasteiger partial charge in [0.05, 0.1) is 6.42 Å². The topological polar surface area (TPSA) is 71.1 Å². The molecule has 6 heteroatoms. The normalized spacial score (nSPS) is 54.2. The molecule has 3 heterocycles. The zero-order valence-corrected chi connectivity index (χ0v) is 20.9. The number of hydrogen-bond acceptors (Lipinski definition) is 6. The highest BCUT2D eigenvalue weighted by atomic mass is 16.9. The Kier molecular flexibility index (Phi) is 4.71. The first kappa shape index (κ1) is 22.3. The number of rotatable bonds is 1. The van der Waals surface area contributed by atoms with Crippen LogP contribution in [-0.4, -0.2) is 36.2 Å². The van der Waals surface area contributed by atoms with Gasteiger partial charge < -0.3 is 18.9 Å². The first-order valence-corrected chi connectivity index (χ1v) is 13.2. The second-order valence-corrected chi connectivity index (χ2v) is 13.2. The average Bonchev–Trinajstić information content (AvgIpc) is 3.15. The first-order chi connectivity index (χ1) is 15.5. The number of hydrogen-bond donors (Lipinski definition) is 0. The van der Waals surface area contributed by atoms with Gasteiger partial charge in [-0.2, -0.15) is 0 Å². The summed E-state index contributed by atoms with van der Waals surface area (Å²) in [5.41, 5.74) is 0.862. The second-order valence-electron chi connectivity index (χ2n) is 13.2. The van der Waals surface area contributed by atoms with E-state index in [4.69, 9.17) is 18.9 Å². The van der Waals surface area contributed by atoms with Crippen molar-refractivity contribution in [2.24, 2.45) is 39.9 Å². The molecule has 0 N–H and O–H groups in total. The van der Waals surface area contributed by atoms with Crippen LogP contribution in [0.4, 0.5) is 0 Å². The molecule has 10 atom stereocenters. The average molecular weight is 461 g/mol. The van der Waals surface area contributed by atoms with Crippen LogP contribution >= 0.6 is 0 Å². The summed E-state index contributed by atoms with van der Waals surface area (Å²) in [6.45, 7) is 11.5. The van der Waals surface area contributed by atoms with Crippen molar-refractivity contribution in [3.8, 4) is 0 Å². The summed E-state index contributed by atoms with van der Waals surface area (Å²) in [4.78, 5) is 24.4. The van der Waals surface area contributed by atoms with E-state index < -0.39 is 18.0 Å². The summed E-state index contributed by atoms with van der Waals surface area (Å²) in [6.07, 6.45) is 8.01. The molecule has 0 radical (unpaired) electrons. The molecular formula is C27H40O6. The van der Waals surface area contributed by atoms with E-state index in [9.17, 15) is 9.59 Å². The van der Waals surface area contributed by atoms with Gasteiger partial charge in [-0.25, -0.2) is 0 Å². The Bertz CT molecular complexity index is 869. The molecule has 6 rings (SSSR count). The maximum atomic E-state index is 12.2. The maximum absolute atomic E-state index is 12.2. The van der Waals surface area contributed by atoms with E-state index in [0.717, 1.165) is 12.3 Å². The van der Waals surface area contributed by atoms with Crippen LogP contribution in [0, 0.1) is 39.9 Å². The van der Waals surface area contributed by atoms with Crippen LogP contribution in [0.1, 0.15) is 92.4 Å². The lowest BCUT2D eigenvalue weighted by molar-refractivity contribution is -0.255. The molecule has 33 heavy (non-hydrogen) atoms. The van der Waals surface area contributed by atoms with Gasteiger partial charge in [0, 0.05) is 12.8 Å². The fourth-order valence-corrected chi connectivity index (χ4v) is 10.1. The van der Waals surface area contributed by atoms with Gasteiger partial charge in [0.2, 0.25) is 0 Å².